The highest BCUT2D eigenvalue weighted by Gasteiger charge is 2.45. The maximum atomic E-state index is 13.8. The van der Waals surface area contributed by atoms with Gasteiger partial charge in [0.2, 0.25) is 0 Å². The summed E-state index contributed by atoms with van der Waals surface area (Å²) in [7, 11) is 1.86. The van der Waals surface area contributed by atoms with Crippen LogP contribution < -0.4 is 15.0 Å². The van der Waals surface area contributed by atoms with Crippen molar-refractivity contribution in [3.8, 4) is 5.75 Å². The summed E-state index contributed by atoms with van der Waals surface area (Å²) >= 11 is 0. The van der Waals surface area contributed by atoms with Gasteiger partial charge in [-0.15, -0.1) is 0 Å². The van der Waals surface area contributed by atoms with Gasteiger partial charge in [0.15, 0.2) is 0 Å². The minimum absolute atomic E-state index is 0.0425. The van der Waals surface area contributed by atoms with E-state index in [4.69, 9.17) is 4.74 Å². The van der Waals surface area contributed by atoms with Crippen LogP contribution in [0.25, 0.3) is 0 Å². The fourth-order valence-electron chi connectivity index (χ4n) is 4.15. The number of ether oxygens (including phenoxy) is 1. The molecular weight excluding hydrogens is 373 g/mol. The van der Waals surface area contributed by atoms with E-state index in [-0.39, 0.29) is 17.6 Å². The molecule has 1 fully saturated rings. The van der Waals surface area contributed by atoms with Crippen LogP contribution in [-0.2, 0) is 0 Å². The number of carbonyl (C=O) groups excluding carboxylic acids is 2. The summed E-state index contributed by atoms with van der Waals surface area (Å²) in [4.78, 5) is 29.2. The fourth-order valence-corrected chi connectivity index (χ4v) is 4.15. The molecular formula is C22H24FN3O3. The second-order valence-electron chi connectivity index (χ2n) is 7.46. The molecule has 0 radical (unpaired) electrons. The van der Waals surface area contributed by atoms with Crippen LogP contribution in [0, 0.1) is 5.82 Å². The number of anilines is 1. The van der Waals surface area contributed by atoms with Gasteiger partial charge >= 0.3 is 0 Å². The van der Waals surface area contributed by atoms with Crippen molar-refractivity contribution in [2.24, 2.45) is 0 Å². The average Bonchev–Trinajstić information content (AvgIpc) is 2.73. The Labute approximate surface area is 169 Å². The molecule has 2 aromatic carbocycles. The Kier molecular flexibility index (Phi) is 4.90. The zero-order valence-corrected chi connectivity index (χ0v) is 16.6. The lowest BCUT2D eigenvalue weighted by atomic mass is 9.90. The van der Waals surface area contributed by atoms with Gasteiger partial charge in [-0.3, -0.25) is 9.59 Å². The van der Waals surface area contributed by atoms with E-state index >= 15 is 0 Å². The van der Waals surface area contributed by atoms with E-state index in [1.165, 1.54) is 18.2 Å². The summed E-state index contributed by atoms with van der Waals surface area (Å²) in [5.74, 6) is 0.117. The van der Waals surface area contributed by atoms with E-state index in [2.05, 4.69) is 5.32 Å². The molecule has 29 heavy (non-hydrogen) atoms. The molecule has 1 saturated heterocycles. The van der Waals surface area contributed by atoms with Crippen molar-refractivity contribution in [2.45, 2.75) is 25.4 Å². The maximum Gasteiger partial charge on any atom is 0.255 e. The van der Waals surface area contributed by atoms with Crippen molar-refractivity contribution in [3.05, 3.63) is 59.4 Å². The fraction of sp³-hybridized carbons (Fsp3) is 0.364. The van der Waals surface area contributed by atoms with Crippen LogP contribution in [-0.4, -0.2) is 49.1 Å². The number of fused-ring (bicyclic) bond motifs is 1. The average molecular weight is 397 g/mol. The van der Waals surface area contributed by atoms with Crippen molar-refractivity contribution in [1.82, 2.24) is 10.2 Å². The predicted molar refractivity (Wildman–Crippen MR) is 108 cm³/mol. The minimum Gasteiger partial charge on any atom is -0.494 e. The molecule has 2 aliphatic rings. The van der Waals surface area contributed by atoms with Crippen LogP contribution in [0.2, 0.25) is 0 Å². The van der Waals surface area contributed by atoms with Crippen molar-refractivity contribution in [2.75, 3.05) is 31.6 Å². The van der Waals surface area contributed by atoms with E-state index in [9.17, 15) is 14.0 Å². The Morgan fingerprint density at radius 2 is 1.86 bits per heavy atom. The summed E-state index contributed by atoms with van der Waals surface area (Å²) in [6.45, 7) is 3.49. The Balaban J connectivity index is 1.48. The molecule has 2 amide bonds. The first-order valence-corrected chi connectivity index (χ1v) is 9.81. The number of rotatable bonds is 3. The van der Waals surface area contributed by atoms with Crippen LogP contribution in [0.5, 0.6) is 5.75 Å². The van der Waals surface area contributed by atoms with Gasteiger partial charge in [-0.2, -0.15) is 0 Å². The number of hydrogen-bond acceptors (Lipinski definition) is 4. The highest BCUT2D eigenvalue weighted by atomic mass is 19.1. The summed E-state index contributed by atoms with van der Waals surface area (Å²) in [5, 5.41) is 3.09. The number of piperidine rings is 1. The number of nitrogens with one attached hydrogen (secondary N) is 1. The van der Waals surface area contributed by atoms with Gasteiger partial charge in [-0.25, -0.2) is 4.39 Å². The summed E-state index contributed by atoms with van der Waals surface area (Å²) < 4.78 is 19.2. The molecule has 0 bridgehead atoms. The number of carbonyl (C=O) groups is 2. The second kappa shape index (κ2) is 7.39. The molecule has 0 aromatic heterocycles. The predicted octanol–water partition coefficient (Wildman–Crippen LogP) is 3.04. The molecule has 0 unspecified atom stereocenters. The Hall–Kier alpha value is -3.09. The smallest absolute Gasteiger partial charge is 0.255 e. The first-order chi connectivity index (χ1) is 13.9. The third-order valence-corrected chi connectivity index (χ3v) is 5.84. The van der Waals surface area contributed by atoms with Crippen LogP contribution in [0.1, 0.15) is 40.5 Å². The monoisotopic (exact) mass is 397 g/mol. The number of halogens is 1. The summed E-state index contributed by atoms with van der Waals surface area (Å²) in [6.07, 6.45) is 1.13. The third-order valence-electron chi connectivity index (χ3n) is 5.84. The van der Waals surface area contributed by atoms with E-state index < -0.39 is 5.66 Å². The largest absolute Gasteiger partial charge is 0.494 e. The van der Waals surface area contributed by atoms with Crippen LogP contribution in [0.4, 0.5) is 10.1 Å². The Bertz CT molecular complexity index is 937. The second-order valence-corrected chi connectivity index (χ2v) is 7.46. The van der Waals surface area contributed by atoms with Crippen LogP contribution >= 0.6 is 0 Å². The number of amides is 2. The van der Waals surface area contributed by atoms with Gasteiger partial charge in [-0.05, 0) is 49.4 Å². The lowest BCUT2D eigenvalue weighted by Gasteiger charge is -2.51. The van der Waals surface area contributed by atoms with E-state index in [0.717, 1.165) is 5.75 Å². The summed E-state index contributed by atoms with van der Waals surface area (Å²) in [5.41, 5.74) is 1.04. The third kappa shape index (κ3) is 3.41. The number of nitrogens with zero attached hydrogens (tertiary/aromatic N) is 2. The molecule has 0 atom stereocenters. The van der Waals surface area contributed by atoms with Crippen molar-refractivity contribution in [3.63, 3.8) is 0 Å². The van der Waals surface area contributed by atoms with Crippen LogP contribution in [0.15, 0.2) is 42.5 Å². The molecule has 6 nitrogen and oxygen atoms in total. The number of benzene rings is 2. The van der Waals surface area contributed by atoms with Crippen LogP contribution in [0.3, 0.4) is 0 Å². The van der Waals surface area contributed by atoms with E-state index in [0.29, 0.717) is 49.4 Å². The molecule has 152 valence electrons. The van der Waals surface area contributed by atoms with Crippen molar-refractivity contribution < 1.29 is 18.7 Å². The van der Waals surface area contributed by atoms with E-state index in [1.807, 2.05) is 18.9 Å². The zero-order valence-electron chi connectivity index (χ0n) is 16.6. The van der Waals surface area contributed by atoms with Crippen molar-refractivity contribution in [1.29, 1.82) is 0 Å². The normalized spacial score (nSPS) is 17.7. The van der Waals surface area contributed by atoms with E-state index in [1.54, 1.807) is 29.2 Å². The zero-order chi connectivity index (χ0) is 20.6. The molecule has 2 aromatic rings. The van der Waals surface area contributed by atoms with Crippen molar-refractivity contribution >= 4 is 17.5 Å². The first kappa shape index (κ1) is 19.2. The Morgan fingerprint density at radius 3 is 2.52 bits per heavy atom. The molecule has 2 aliphatic heterocycles. The lowest BCUT2D eigenvalue weighted by molar-refractivity contribution is 0.0609. The molecule has 4 rings (SSSR count). The van der Waals surface area contributed by atoms with Gasteiger partial charge in [0.05, 0.1) is 17.9 Å². The molecule has 0 aliphatic carbocycles. The minimum atomic E-state index is -0.618. The summed E-state index contributed by atoms with van der Waals surface area (Å²) in [6, 6.07) is 11.3. The molecule has 2 heterocycles. The molecule has 1 N–H and O–H groups in total. The lowest BCUT2D eigenvalue weighted by Crippen LogP contribution is -2.67. The topological polar surface area (TPSA) is 61.9 Å². The molecule has 1 spiro atoms. The number of hydrogen-bond donors (Lipinski definition) is 1. The highest BCUT2D eigenvalue weighted by molar-refractivity contribution is 6.02. The maximum absolute atomic E-state index is 13.8. The van der Waals surface area contributed by atoms with Gasteiger partial charge in [0.1, 0.15) is 17.2 Å². The SMILES string of the molecule is CCOc1ccc(C(=O)N2CCC3(CC2)NC(=O)c2ccc(F)cc2N3C)cc1. The quantitative estimate of drug-likeness (QED) is 0.865. The Morgan fingerprint density at radius 1 is 1.17 bits per heavy atom. The molecule has 7 heteroatoms. The van der Waals surface area contributed by atoms with Gasteiger partial charge in [0.25, 0.3) is 11.8 Å². The number of likely N-dealkylation sites (tertiary alicyclic amines) is 1. The standard InChI is InChI=1S/C22H24FN3O3/c1-3-29-17-7-4-15(5-8-17)21(28)26-12-10-22(11-13-26)24-20(27)18-9-6-16(23)14-19(18)25(22)2/h4-9,14H,3,10-13H2,1-2H3,(H,24,27). The molecule has 0 saturated carbocycles. The first-order valence-electron chi connectivity index (χ1n) is 9.81. The van der Waals surface area contributed by atoms with Gasteiger partial charge < -0.3 is 19.9 Å². The highest BCUT2D eigenvalue weighted by Crippen LogP contribution is 2.36. The van der Waals surface area contributed by atoms with Gasteiger partial charge in [-0.1, -0.05) is 0 Å². The van der Waals surface area contributed by atoms with Gasteiger partial charge in [0, 0.05) is 38.5 Å².